The van der Waals surface area contributed by atoms with Gasteiger partial charge in [-0.25, -0.2) is 9.59 Å². The van der Waals surface area contributed by atoms with Crippen LogP contribution in [0.15, 0.2) is 35.5 Å². The molecule has 0 N–H and O–H groups in total. The topological polar surface area (TPSA) is 124 Å². The second-order valence-electron chi connectivity index (χ2n) is 5.56. The molecule has 27 heavy (non-hydrogen) atoms. The quantitative estimate of drug-likeness (QED) is 0.0933. The van der Waals surface area contributed by atoms with E-state index in [0.717, 1.165) is 40.9 Å². The lowest BCUT2D eigenvalue weighted by Gasteiger charge is -2.43. The van der Waals surface area contributed by atoms with Gasteiger partial charge >= 0.3 is 11.9 Å². The molecule has 0 bridgehead atoms. The Bertz CT molecular complexity index is 849. The minimum atomic E-state index is -1.05. The molecule has 1 aromatic rings. The zero-order valence-corrected chi connectivity index (χ0v) is 16.5. The van der Waals surface area contributed by atoms with Crippen LogP contribution in [0.4, 0.5) is 5.69 Å². The van der Waals surface area contributed by atoms with Gasteiger partial charge in [0, 0.05) is 12.1 Å². The van der Waals surface area contributed by atoms with E-state index >= 15 is 0 Å². The van der Waals surface area contributed by atoms with E-state index in [1.165, 1.54) is 0 Å². The number of benzene rings is 1. The number of ether oxygens (including phenoxy) is 1. The zero-order chi connectivity index (χ0) is 20.3. The van der Waals surface area contributed by atoms with Gasteiger partial charge in [-0.2, -0.15) is 0 Å². The van der Waals surface area contributed by atoms with Crippen molar-refractivity contribution in [3.05, 3.63) is 51.2 Å². The number of nitrogens with zero attached hydrogens (tertiary/aromatic N) is 2. The van der Waals surface area contributed by atoms with Gasteiger partial charge in [-0.3, -0.25) is 24.6 Å². The average Bonchev–Trinajstić information content (AvgIpc) is 2.63. The maximum Gasteiger partial charge on any atom is 0.362 e. The number of rotatable bonds is 6. The van der Waals surface area contributed by atoms with Crippen molar-refractivity contribution in [2.75, 3.05) is 0 Å². The molecule has 1 aliphatic rings. The number of hydrogen-bond donors (Lipinski definition) is 0. The normalized spacial score (nSPS) is 18.3. The molecular formula is C16H13BrN2O7S. The monoisotopic (exact) mass is 456 g/mol. The number of esters is 2. The highest BCUT2D eigenvalue weighted by molar-refractivity contribution is 9.10. The van der Waals surface area contributed by atoms with Crippen molar-refractivity contribution in [3.63, 3.8) is 0 Å². The predicted molar refractivity (Wildman–Crippen MR) is 99.6 cm³/mol. The van der Waals surface area contributed by atoms with E-state index in [0.29, 0.717) is 11.2 Å². The number of β-lactam (4-membered cyclic amide) rings is 1. The zero-order valence-electron chi connectivity index (χ0n) is 14.1. The van der Waals surface area contributed by atoms with E-state index in [4.69, 9.17) is 4.74 Å². The molecule has 0 saturated carbocycles. The Morgan fingerprint density at radius 3 is 2.37 bits per heavy atom. The van der Waals surface area contributed by atoms with Crippen LogP contribution in [0.25, 0.3) is 0 Å². The van der Waals surface area contributed by atoms with Gasteiger partial charge in [0.05, 0.1) is 10.5 Å². The highest BCUT2D eigenvalue weighted by atomic mass is 79.9. The van der Waals surface area contributed by atoms with Crippen molar-refractivity contribution in [2.45, 2.75) is 24.0 Å². The van der Waals surface area contributed by atoms with Gasteiger partial charge in [0.15, 0.2) is 5.62 Å². The van der Waals surface area contributed by atoms with Crippen molar-refractivity contribution >= 4 is 56.8 Å². The largest absolute Gasteiger partial charge is 0.385 e. The van der Waals surface area contributed by atoms with E-state index in [-0.39, 0.29) is 16.9 Å². The first kappa shape index (κ1) is 20.8. The van der Waals surface area contributed by atoms with Gasteiger partial charge in [0.1, 0.15) is 15.9 Å². The number of nitro groups is 1. The maximum atomic E-state index is 12.5. The van der Waals surface area contributed by atoms with E-state index in [9.17, 15) is 29.3 Å². The summed E-state index contributed by atoms with van der Waals surface area (Å²) in [6, 6.07) is 4.52. The number of carbonyl (C=O) groups excluding carboxylic acids is 4. The Morgan fingerprint density at radius 2 is 1.89 bits per heavy atom. The first-order valence-corrected chi connectivity index (χ1v) is 9.29. The summed E-state index contributed by atoms with van der Waals surface area (Å²) in [7, 11) is 0. The molecule has 1 heterocycles. The Kier molecular flexibility index (Phi) is 6.50. The minimum Gasteiger partial charge on any atom is -0.385 e. The number of carbonyl (C=O) groups is 4. The van der Waals surface area contributed by atoms with Crippen LogP contribution in [0.2, 0.25) is 0 Å². The van der Waals surface area contributed by atoms with Crippen molar-refractivity contribution < 1.29 is 28.8 Å². The van der Waals surface area contributed by atoms with Gasteiger partial charge in [-0.1, -0.05) is 27.7 Å². The van der Waals surface area contributed by atoms with Crippen LogP contribution < -0.4 is 0 Å². The molecule has 9 nitrogen and oxygen atoms in total. The van der Waals surface area contributed by atoms with Gasteiger partial charge in [-0.15, -0.1) is 0 Å². The summed E-state index contributed by atoms with van der Waals surface area (Å²) in [6.45, 7) is 3.12. The summed E-state index contributed by atoms with van der Waals surface area (Å²) in [5, 5.41) is 10.0. The summed E-state index contributed by atoms with van der Waals surface area (Å²) in [5.41, 5.74) is 0.556. The minimum absolute atomic E-state index is 0.0609. The van der Waals surface area contributed by atoms with Gasteiger partial charge in [-0.05, 0) is 31.6 Å². The molecule has 0 spiro atoms. The lowest BCUT2D eigenvalue weighted by atomic mass is 10.1. The van der Waals surface area contributed by atoms with Crippen LogP contribution >= 0.6 is 27.7 Å². The molecular weight excluding hydrogens is 444 g/mol. The van der Waals surface area contributed by atoms with E-state index < -0.39 is 33.0 Å². The van der Waals surface area contributed by atoms with Crippen LogP contribution in [0, 0.1) is 10.1 Å². The van der Waals surface area contributed by atoms with Crippen LogP contribution in [0.1, 0.15) is 24.2 Å². The summed E-state index contributed by atoms with van der Waals surface area (Å²) >= 11 is 3.95. The molecule has 1 fully saturated rings. The number of non-ortho nitro benzene ring substituents is 1. The molecule has 1 saturated heterocycles. The van der Waals surface area contributed by atoms with Gasteiger partial charge < -0.3 is 4.74 Å². The molecule has 0 unspecified atom stereocenters. The number of halogens is 1. The molecule has 2 rings (SSSR count). The third-order valence-electron chi connectivity index (χ3n) is 3.58. The van der Waals surface area contributed by atoms with Crippen molar-refractivity contribution in [1.29, 1.82) is 0 Å². The molecule has 1 amide bonds. The summed E-state index contributed by atoms with van der Waals surface area (Å²) in [5.74, 6) is -2.51. The summed E-state index contributed by atoms with van der Waals surface area (Å²) in [4.78, 5) is 58.0. The maximum absolute atomic E-state index is 12.5. The number of alkyl halides is 1. The fourth-order valence-corrected chi connectivity index (χ4v) is 3.84. The van der Waals surface area contributed by atoms with Crippen molar-refractivity contribution in [1.82, 2.24) is 4.90 Å². The summed E-state index contributed by atoms with van der Waals surface area (Å²) < 4.78 is 4.81. The van der Waals surface area contributed by atoms with Crippen LogP contribution in [0.5, 0.6) is 0 Å². The Morgan fingerprint density at radius 1 is 1.30 bits per heavy atom. The lowest BCUT2D eigenvalue weighted by molar-refractivity contribution is -0.384. The SMILES string of the molecule is CC(C)=C(C(=O)OC(=O)c1ccc([N+](=O)[O-])cc1)N1C(=O)[C@H](Br)[C@H]1SC=O. The highest BCUT2D eigenvalue weighted by Gasteiger charge is 2.50. The molecule has 11 heteroatoms. The first-order valence-electron chi connectivity index (χ1n) is 7.43. The van der Waals surface area contributed by atoms with Crippen LogP contribution in [0.3, 0.4) is 0 Å². The third-order valence-corrected chi connectivity index (χ3v) is 5.70. The van der Waals surface area contributed by atoms with E-state index in [1.54, 1.807) is 13.8 Å². The van der Waals surface area contributed by atoms with E-state index in [2.05, 4.69) is 15.9 Å². The fraction of sp³-hybridized carbons (Fsp3) is 0.250. The number of hydrogen-bond acceptors (Lipinski definition) is 8. The molecule has 0 aromatic heterocycles. The molecule has 1 aliphatic heterocycles. The van der Waals surface area contributed by atoms with Crippen molar-refractivity contribution in [3.8, 4) is 0 Å². The molecule has 1 aromatic carbocycles. The molecule has 0 radical (unpaired) electrons. The first-order chi connectivity index (χ1) is 12.7. The number of likely N-dealkylation sites (tertiary alicyclic amines) is 1. The fourth-order valence-electron chi connectivity index (χ4n) is 2.31. The molecule has 142 valence electrons. The van der Waals surface area contributed by atoms with Gasteiger partial charge in [0.25, 0.3) is 5.69 Å². The standard InChI is InChI=1S/C16H13BrN2O7S/c1-8(2)12(18-13(21)11(17)14(18)27-7-20)16(23)26-15(22)9-3-5-10(6-4-9)19(24)25/h3-7,11,14H,1-2H3/t11-,14+/m0/s1. The highest BCUT2D eigenvalue weighted by Crippen LogP contribution is 2.38. The molecule has 2 atom stereocenters. The lowest BCUT2D eigenvalue weighted by Crippen LogP contribution is -2.61. The second-order valence-corrected chi connectivity index (χ2v) is 7.50. The van der Waals surface area contributed by atoms with Crippen molar-refractivity contribution in [2.24, 2.45) is 0 Å². The number of thioether (sulfide) groups is 1. The smallest absolute Gasteiger partial charge is 0.362 e. The van der Waals surface area contributed by atoms with Crippen LogP contribution in [-0.2, 0) is 19.1 Å². The van der Waals surface area contributed by atoms with Crippen LogP contribution in [-0.4, -0.2) is 43.5 Å². The predicted octanol–water partition coefficient (Wildman–Crippen LogP) is 2.43. The van der Waals surface area contributed by atoms with Gasteiger partial charge in [0.2, 0.25) is 5.91 Å². The second kappa shape index (κ2) is 8.44. The number of nitro benzene ring substituents is 1. The Labute approximate surface area is 166 Å². The number of amides is 1. The van der Waals surface area contributed by atoms with E-state index in [1.807, 2.05) is 0 Å². The molecule has 0 aliphatic carbocycles. The number of allylic oxidation sites excluding steroid dienone is 1. The third kappa shape index (κ3) is 4.25. The average molecular weight is 457 g/mol. The summed E-state index contributed by atoms with van der Waals surface area (Å²) in [6.07, 6.45) is 0. The Balaban J connectivity index is 2.19. The Hall–Kier alpha value is -2.53.